The highest BCUT2D eigenvalue weighted by atomic mass is 29.2. The molecular formula is C6H15Si2. The molecule has 0 saturated carbocycles. The van der Waals surface area contributed by atoms with Gasteiger partial charge in [-0.05, 0) is 5.04 Å². The molecule has 0 nitrogen and oxygen atoms in total. The lowest BCUT2D eigenvalue weighted by Crippen LogP contribution is -2.22. The molecule has 0 fully saturated rings. The van der Waals surface area contributed by atoms with Crippen LogP contribution in [0.2, 0.25) is 18.1 Å². The summed E-state index contributed by atoms with van der Waals surface area (Å²) >= 11 is 0. The normalized spacial score (nSPS) is 12.8. The van der Waals surface area contributed by atoms with Crippen molar-refractivity contribution in [3.63, 3.8) is 0 Å². The fourth-order valence-electron chi connectivity index (χ4n) is 0.750. The third kappa shape index (κ3) is 6.43. The van der Waals surface area contributed by atoms with Gasteiger partial charge >= 0.3 is 0 Å². The van der Waals surface area contributed by atoms with Crippen molar-refractivity contribution in [3.8, 4) is 0 Å². The van der Waals surface area contributed by atoms with Crippen molar-refractivity contribution >= 4 is 17.4 Å². The van der Waals surface area contributed by atoms with Gasteiger partial charge in [0, 0.05) is 17.4 Å². The van der Waals surface area contributed by atoms with Gasteiger partial charge < -0.3 is 0 Å². The van der Waals surface area contributed by atoms with Crippen LogP contribution < -0.4 is 0 Å². The first-order chi connectivity index (χ1) is 3.42. The van der Waals surface area contributed by atoms with Crippen LogP contribution in [0.4, 0.5) is 0 Å². The molecule has 0 aliphatic rings. The summed E-state index contributed by atoms with van der Waals surface area (Å²) in [6.07, 6.45) is 0. The summed E-state index contributed by atoms with van der Waals surface area (Å²) in [5, 5.41) is 0.595. The standard InChI is InChI=1S/C6H15Si2/c1-6(2,3)7-8(4)5/h1-5H3. The summed E-state index contributed by atoms with van der Waals surface area (Å²) < 4.78 is 0. The fraction of sp³-hybridized carbons (Fsp3) is 1.00. The van der Waals surface area contributed by atoms with E-state index in [1.807, 2.05) is 0 Å². The molecule has 0 N–H and O–H groups in total. The molecule has 3 radical (unpaired) electrons. The lowest BCUT2D eigenvalue weighted by atomic mass is 10.3. The third-order valence-corrected chi connectivity index (χ3v) is 5.62. The molecule has 0 aliphatic carbocycles. The quantitative estimate of drug-likeness (QED) is 0.494. The lowest BCUT2D eigenvalue weighted by Gasteiger charge is -2.18. The Kier molecular flexibility index (Phi) is 2.98. The Morgan fingerprint density at radius 2 is 1.50 bits per heavy atom. The smallest absolute Gasteiger partial charge is 0.0325 e. The average molecular weight is 143 g/mol. The second-order valence-corrected chi connectivity index (χ2v) is 10.9. The Morgan fingerprint density at radius 3 is 1.50 bits per heavy atom. The maximum absolute atomic E-state index is 2.38. The predicted octanol–water partition coefficient (Wildman–Crippen LogP) is 2.16. The van der Waals surface area contributed by atoms with Crippen molar-refractivity contribution in [2.75, 3.05) is 0 Å². The summed E-state index contributed by atoms with van der Waals surface area (Å²) in [4.78, 5) is 0. The van der Waals surface area contributed by atoms with E-state index in [1.165, 1.54) is 9.04 Å². The van der Waals surface area contributed by atoms with Gasteiger partial charge in [0.15, 0.2) is 0 Å². The number of hydrogen-bond donors (Lipinski definition) is 0. The second kappa shape index (κ2) is 2.83. The van der Waals surface area contributed by atoms with Crippen molar-refractivity contribution < 1.29 is 0 Å². The molecule has 0 amide bonds. The van der Waals surface area contributed by atoms with Gasteiger partial charge in [0.1, 0.15) is 0 Å². The first-order valence-corrected chi connectivity index (χ1v) is 7.50. The molecule has 0 unspecified atom stereocenters. The van der Waals surface area contributed by atoms with Crippen molar-refractivity contribution in [3.05, 3.63) is 0 Å². The summed E-state index contributed by atoms with van der Waals surface area (Å²) in [6, 6.07) is 0. The highest BCUT2D eigenvalue weighted by molar-refractivity contribution is 7.12. The van der Waals surface area contributed by atoms with Gasteiger partial charge in [-0.3, -0.25) is 0 Å². The fourth-order valence-corrected chi connectivity index (χ4v) is 6.75. The SMILES string of the molecule is C[Si](C)[Si]C(C)(C)C. The van der Waals surface area contributed by atoms with Crippen LogP contribution in [0.5, 0.6) is 0 Å². The summed E-state index contributed by atoms with van der Waals surface area (Å²) in [5.41, 5.74) is 0. The molecule has 8 heavy (non-hydrogen) atoms. The largest absolute Gasteiger partial charge is 0.0737 e. The molecule has 47 valence electrons. The van der Waals surface area contributed by atoms with E-state index in [4.69, 9.17) is 0 Å². The Hall–Kier alpha value is 0.434. The monoisotopic (exact) mass is 143 g/mol. The summed E-state index contributed by atoms with van der Waals surface area (Å²) in [7, 11) is 1.24. The molecule has 0 aromatic heterocycles. The molecule has 0 spiro atoms. The van der Waals surface area contributed by atoms with Crippen LogP contribution in [-0.2, 0) is 0 Å². The van der Waals surface area contributed by atoms with E-state index in [2.05, 4.69) is 33.9 Å². The Bertz CT molecular complexity index is 61.4. The molecule has 0 aliphatic heterocycles. The third-order valence-electron chi connectivity index (χ3n) is 0.625. The van der Waals surface area contributed by atoms with E-state index in [9.17, 15) is 0 Å². The number of hydrogen-bond acceptors (Lipinski definition) is 0. The molecule has 0 bridgehead atoms. The predicted molar refractivity (Wildman–Crippen MR) is 43.0 cm³/mol. The van der Waals surface area contributed by atoms with Crippen LogP contribution >= 0.6 is 0 Å². The van der Waals surface area contributed by atoms with Gasteiger partial charge in [-0.15, -0.1) is 0 Å². The van der Waals surface area contributed by atoms with Gasteiger partial charge in [0.2, 0.25) is 0 Å². The van der Waals surface area contributed by atoms with E-state index in [0.717, 1.165) is 0 Å². The van der Waals surface area contributed by atoms with Crippen molar-refractivity contribution in [2.24, 2.45) is 0 Å². The molecule has 0 atom stereocenters. The van der Waals surface area contributed by atoms with E-state index in [1.54, 1.807) is 0 Å². The van der Waals surface area contributed by atoms with Gasteiger partial charge in [0.05, 0.1) is 0 Å². The second-order valence-electron chi connectivity index (χ2n) is 3.38. The van der Waals surface area contributed by atoms with Crippen LogP contribution in [0.3, 0.4) is 0 Å². The lowest BCUT2D eigenvalue weighted by molar-refractivity contribution is 0.762. The van der Waals surface area contributed by atoms with Gasteiger partial charge in [-0.1, -0.05) is 33.9 Å². The van der Waals surface area contributed by atoms with Crippen LogP contribution in [0.25, 0.3) is 0 Å². The average Bonchev–Trinajstić information content (AvgIpc) is 1.21. The van der Waals surface area contributed by atoms with Gasteiger partial charge in [0.25, 0.3) is 0 Å². The minimum absolute atomic E-state index is 0.0358. The molecule has 0 aromatic carbocycles. The summed E-state index contributed by atoms with van der Waals surface area (Å²) in [6.45, 7) is 11.7. The van der Waals surface area contributed by atoms with E-state index >= 15 is 0 Å². The minimum atomic E-state index is 0.0358. The topological polar surface area (TPSA) is 0 Å². The Balaban J connectivity index is 3.39. The maximum Gasteiger partial charge on any atom is 0.0325 e. The van der Waals surface area contributed by atoms with Crippen molar-refractivity contribution in [2.45, 2.75) is 38.9 Å². The zero-order chi connectivity index (χ0) is 6.78. The highest BCUT2D eigenvalue weighted by Crippen LogP contribution is 2.20. The van der Waals surface area contributed by atoms with Gasteiger partial charge in [-0.25, -0.2) is 0 Å². The van der Waals surface area contributed by atoms with Crippen LogP contribution in [0.15, 0.2) is 0 Å². The zero-order valence-electron chi connectivity index (χ0n) is 6.50. The van der Waals surface area contributed by atoms with E-state index in [-0.39, 0.29) is 8.31 Å². The number of rotatable bonds is 1. The minimum Gasteiger partial charge on any atom is -0.0737 e. The molecule has 0 rings (SSSR count). The van der Waals surface area contributed by atoms with Crippen molar-refractivity contribution in [1.29, 1.82) is 0 Å². The van der Waals surface area contributed by atoms with Crippen LogP contribution in [-0.4, -0.2) is 17.4 Å². The first-order valence-electron chi connectivity index (χ1n) is 3.00. The zero-order valence-corrected chi connectivity index (χ0v) is 8.50. The van der Waals surface area contributed by atoms with E-state index in [0.29, 0.717) is 5.04 Å². The van der Waals surface area contributed by atoms with Crippen LogP contribution in [0.1, 0.15) is 20.8 Å². The molecule has 2 heteroatoms. The van der Waals surface area contributed by atoms with Crippen LogP contribution in [0, 0.1) is 0 Å². The molecule has 0 saturated heterocycles. The van der Waals surface area contributed by atoms with E-state index < -0.39 is 0 Å². The van der Waals surface area contributed by atoms with Gasteiger partial charge in [-0.2, -0.15) is 0 Å². The molecular weight excluding hydrogens is 128 g/mol. The Labute approximate surface area is 56.9 Å². The molecule has 0 aromatic rings. The first kappa shape index (κ1) is 8.43. The Morgan fingerprint density at radius 1 is 1.12 bits per heavy atom. The van der Waals surface area contributed by atoms with Crippen molar-refractivity contribution in [1.82, 2.24) is 0 Å². The highest BCUT2D eigenvalue weighted by Gasteiger charge is 2.13. The maximum atomic E-state index is 2.38. The molecule has 0 heterocycles. The summed E-state index contributed by atoms with van der Waals surface area (Å²) in [5.74, 6) is 0.